The predicted octanol–water partition coefficient (Wildman–Crippen LogP) is 4.81. The molecule has 2 aromatic rings. The molecule has 1 aromatic carbocycles. The van der Waals surface area contributed by atoms with Crippen LogP contribution in [0.1, 0.15) is 56.3 Å². The lowest BCUT2D eigenvalue weighted by molar-refractivity contribution is 0.102. The molecule has 194 valence electrons. The molecule has 3 amide bonds. The van der Waals surface area contributed by atoms with Crippen LogP contribution in [-0.2, 0) is 0 Å². The maximum Gasteiger partial charge on any atom is 0.330 e. The third kappa shape index (κ3) is 5.87. The summed E-state index contributed by atoms with van der Waals surface area (Å²) in [6.07, 6.45) is 7.51. The number of benzene rings is 1. The van der Waals surface area contributed by atoms with Crippen LogP contribution >= 0.6 is 0 Å². The van der Waals surface area contributed by atoms with Gasteiger partial charge < -0.3 is 15.1 Å². The first-order valence-corrected chi connectivity index (χ1v) is 13.4. The van der Waals surface area contributed by atoms with Gasteiger partial charge in [0.1, 0.15) is 0 Å². The number of unbranched alkanes of at least 4 members (excludes halogenated alkanes) is 1. The third-order valence-electron chi connectivity index (χ3n) is 7.46. The summed E-state index contributed by atoms with van der Waals surface area (Å²) in [5.74, 6) is 0.207. The number of urea groups is 1. The zero-order valence-electron chi connectivity index (χ0n) is 21.9. The number of likely N-dealkylation sites (N-methyl/N-ethyl adjacent to an activating group) is 1. The Hall–Kier alpha value is -2.97. The molecule has 0 radical (unpaired) electrons. The van der Waals surface area contributed by atoms with E-state index in [-0.39, 0.29) is 11.9 Å². The zero-order chi connectivity index (χ0) is 25.5. The smallest absolute Gasteiger partial charge is 0.327 e. The van der Waals surface area contributed by atoms with Crippen molar-refractivity contribution in [2.45, 2.75) is 52.0 Å². The maximum atomic E-state index is 13.7. The molecule has 1 N–H and O–H groups in total. The first-order valence-electron chi connectivity index (χ1n) is 13.4. The largest absolute Gasteiger partial charge is 0.330 e. The first-order chi connectivity index (χ1) is 17.5. The molecule has 0 spiro atoms. The molecule has 0 aliphatic carbocycles. The molecule has 0 saturated carbocycles. The van der Waals surface area contributed by atoms with Gasteiger partial charge in [0.05, 0.1) is 16.9 Å². The number of fused-ring (bicyclic) bond motifs is 2. The minimum absolute atomic E-state index is 0.184. The van der Waals surface area contributed by atoms with Crippen molar-refractivity contribution in [3.8, 4) is 0 Å². The molecule has 3 heterocycles. The number of carbonyl (C=O) groups excluding carboxylic acids is 2. The minimum atomic E-state index is -0.237. The molecule has 2 aliphatic heterocycles. The van der Waals surface area contributed by atoms with Crippen molar-refractivity contribution in [3.05, 3.63) is 48.2 Å². The van der Waals surface area contributed by atoms with Gasteiger partial charge in [0.25, 0.3) is 5.91 Å². The molecule has 1 saturated heterocycles. The van der Waals surface area contributed by atoms with E-state index in [0.29, 0.717) is 35.3 Å². The van der Waals surface area contributed by atoms with Crippen LogP contribution in [0.2, 0.25) is 0 Å². The van der Waals surface area contributed by atoms with Crippen molar-refractivity contribution in [1.29, 1.82) is 0 Å². The highest BCUT2D eigenvalue weighted by molar-refractivity contribution is 6.16. The molecular formula is C28H40N6O2. The number of hydrogen-bond acceptors (Lipinski definition) is 5. The van der Waals surface area contributed by atoms with Crippen molar-refractivity contribution in [2.75, 3.05) is 56.5 Å². The number of hydrogen-bond donors (Lipinski definition) is 1. The molecule has 2 aliphatic rings. The number of para-hydroxylation sites is 1. The highest BCUT2D eigenvalue weighted by atomic mass is 16.2. The highest BCUT2D eigenvalue weighted by Gasteiger charge is 2.32. The van der Waals surface area contributed by atoms with Crippen molar-refractivity contribution >= 4 is 29.1 Å². The summed E-state index contributed by atoms with van der Waals surface area (Å²) in [5, 5.41) is 2.89. The summed E-state index contributed by atoms with van der Waals surface area (Å²) in [4.78, 5) is 39.4. The Morgan fingerprint density at radius 1 is 1.11 bits per heavy atom. The summed E-state index contributed by atoms with van der Waals surface area (Å²) in [6.45, 7) is 10.7. The number of rotatable bonds is 9. The van der Waals surface area contributed by atoms with E-state index in [9.17, 15) is 9.59 Å². The lowest BCUT2D eigenvalue weighted by Gasteiger charge is -2.38. The van der Waals surface area contributed by atoms with Crippen molar-refractivity contribution < 1.29 is 9.59 Å². The second kappa shape index (κ2) is 12.3. The van der Waals surface area contributed by atoms with Gasteiger partial charge in [-0.25, -0.2) is 14.7 Å². The molecule has 1 atom stereocenters. The SMILES string of the molecule is CCN(CC)CC1CCCCN1CCCCN(C)C(=O)N1c2ccccc2C(=O)Nc2cccnc21. The van der Waals surface area contributed by atoms with Gasteiger partial charge >= 0.3 is 6.03 Å². The topological polar surface area (TPSA) is 72.0 Å². The normalized spacial score (nSPS) is 17.8. The van der Waals surface area contributed by atoms with E-state index in [4.69, 9.17) is 0 Å². The van der Waals surface area contributed by atoms with Crippen LogP contribution in [0.5, 0.6) is 0 Å². The van der Waals surface area contributed by atoms with Crippen LogP contribution in [0.15, 0.2) is 42.6 Å². The molecular weight excluding hydrogens is 452 g/mol. The van der Waals surface area contributed by atoms with E-state index >= 15 is 0 Å². The second-order valence-electron chi connectivity index (χ2n) is 9.76. The predicted molar refractivity (Wildman–Crippen MR) is 145 cm³/mol. The average Bonchev–Trinajstić information content (AvgIpc) is 3.03. The Morgan fingerprint density at radius 3 is 2.72 bits per heavy atom. The number of piperidine rings is 1. The Labute approximate surface area is 215 Å². The van der Waals surface area contributed by atoms with Gasteiger partial charge in [-0.3, -0.25) is 9.69 Å². The van der Waals surface area contributed by atoms with Crippen LogP contribution in [0, 0.1) is 0 Å². The molecule has 1 unspecified atom stereocenters. The highest BCUT2D eigenvalue weighted by Crippen LogP contribution is 2.36. The Balaban J connectivity index is 1.39. The lowest BCUT2D eigenvalue weighted by Crippen LogP contribution is -2.47. The Kier molecular flexibility index (Phi) is 8.93. The zero-order valence-corrected chi connectivity index (χ0v) is 21.9. The second-order valence-corrected chi connectivity index (χ2v) is 9.76. The summed E-state index contributed by atoms with van der Waals surface area (Å²) in [6, 6.07) is 11.2. The monoisotopic (exact) mass is 492 g/mol. The number of amides is 3. The van der Waals surface area contributed by atoms with Crippen molar-refractivity contribution in [3.63, 3.8) is 0 Å². The molecule has 1 fully saturated rings. The fourth-order valence-electron chi connectivity index (χ4n) is 5.30. The summed E-state index contributed by atoms with van der Waals surface area (Å²) in [7, 11) is 1.83. The quantitative estimate of drug-likeness (QED) is 0.509. The van der Waals surface area contributed by atoms with Crippen LogP contribution in [0.3, 0.4) is 0 Å². The van der Waals surface area contributed by atoms with Gasteiger partial charge in [0, 0.05) is 32.4 Å². The molecule has 8 nitrogen and oxygen atoms in total. The number of pyridine rings is 1. The van der Waals surface area contributed by atoms with Crippen molar-refractivity contribution in [2.24, 2.45) is 0 Å². The fraction of sp³-hybridized carbons (Fsp3) is 0.536. The maximum absolute atomic E-state index is 13.7. The molecule has 1 aromatic heterocycles. The number of anilines is 3. The molecule has 36 heavy (non-hydrogen) atoms. The van der Waals surface area contributed by atoms with Gasteiger partial charge in [0.2, 0.25) is 0 Å². The number of nitrogens with zero attached hydrogens (tertiary/aromatic N) is 5. The third-order valence-corrected chi connectivity index (χ3v) is 7.46. The number of likely N-dealkylation sites (tertiary alicyclic amines) is 1. The standard InChI is InChI=1S/C28H40N6O2/c1-4-32(5-2)21-22-13-8-9-19-33(22)20-11-10-18-31(3)28(36)34-25-16-7-6-14-23(25)27(35)30-24-15-12-17-29-26(24)34/h6-7,12,14-17,22H,4-5,8-11,13,18-21H2,1-3H3,(H,30,35). The van der Waals surface area contributed by atoms with Gasteiger partial charge in [0.15, 0.2) is 5.82 Å². The van der Waals surface area contributed by atoms with Crippen LogP contribution in [0.4, 0.5) is 22.0 Å². The van der Waals surface area contributed by atoms with E-state index < -0.39 is 0 Å². The van der Waals surface area contributed by atoms with Crippen molar-refractivity contribution in [1.82, 2.24) is 19.7 Å². The van der Waals surface area contributed by atoms with E-state index in [1.165, 1.54) is 25.8 Å². The van der Waals surface area contributed by atoms with Gasteiger partial charge in [-0.2, -0.15) is 0 Å². The first kappa shape index (κ1) is 26.1. The molecule has 8 heteroatoms. The number of aromatic nitrogens is 1. The van der Waals surface area contributed by atoms with Crippen LogP contribution < -0.4 is 10.2 Å². The number of nitrogens with one attached hydrogen (secondary N) is 1. The fourth-order valence-corrected chi connectivity index (χ4v) is 5.30. The average molecular weight is 493 g/mol. The van der Waals surface area contributed by atoms with E-state index in [1.54, 1.807) is 40.3 Å². The minimum Gasteiger partial charge on any atom is -0.327 e. The summed E-state index contributed by atoms with van der Waals surface area (Å²) >= 11 is 0. The van der Waals surface area contributed by atoms with E-state index in [1.807, 2.05) is 19.2 Å². The summed E-state index contributed by atoms with van der Waals surface area (Å²) in [5.41, 5.74) is 1.54. The van der Waals surface area contributed by atoms with Gasteiger partial charge in [-0.05, 0) is 76.1 Å². The van der Waals surface area contributed by atoms with Gasteiger partial charge in [-0.15, -0.1) is 0 Å². The summed E-state index contributed by atoms with van der Waals surface area (Å²) < 4.78 is 0. The van der Waals surface area contributed by atoms with E-state index in [2.05, 4.69) is 33.9 Å². The molecule has 0 bridgehead atoms. The van der Waals surface area contributed by atoms with E-state index in [0.717, 1.165) is 39.0 Å². The Bertz CT molecular complexity index is 1040. The lowest BCUT2D eigenvalue weighted by atomic mass is 10.0. The molecule has 4 rings (SSSR count). The van der Waals surface area contributed by atoms with Crippen LogP contribution in [-0.4, -0.2) is 84.0 Å². The number of carbonyl (C=O) groups is 2. The Morgan fingerprint density at radius 2 is 1.92 bits per heavy atom. The van der Waals surface area contributed by atoms with Crippen LogP contribution in [0.25, 0.3) is 0 Å². The van der Waals surface area contributed by atoms with Gasteiger partial charge in [-0.1, -0.05) is 32.4 Å².